The van der Waals surface area contributed by atoms with Crippen LogP contribution in [0.2, 0.25) is 0 Å². The van der Waals surface area contributed by atoms with E-state index in [0.717, 1.165) is 0 Å². The van der Waals surface area contributed by atoms with E-state index in [9.17, 15) is 66.3 Å². The van der Waals surface area contributed by atoms with E-state index in [1.807, 2.05) is 0 Å². The number of nitrogens with zero attached hydrogens (tertiary/aromatic N) is 3. The van der Waals surface area contributed by atoms with Crippen LogP contribution in [-0.2, 0) is 70.5 Å². The lowest BCUT2D eigenvalue weighted by molar-refractivity contribution is -0.437. The van der Waals surface area contributed by atoms with Crippen molar-refractivity contribution in [2.75, 3.05) is 29.5 Å². The maximum absolute atomic E-state index is 12.6. The summed E-state index contributed by atoms with van der Waals surface area (Å²) in [5, 5.41) is 0.446. The van der Waals surface area contributed by atoms with Crippen molar-refractivity contribution in [2.24, 2.45) is 0 Å². The fraction of sp³-hybridized carbons (Fsp3) is 0.436. The molecule has 19 nitrogen and oxygen atoms in total. The molecule has 3 aliphatic heterocycles. The Morgan fingerprint density at radius 3 is 2.02 bits per heavy atom. The number of benzene rings is 2. The van der Waals surface area contributed by atoms with Crippen molar-refractivity contribution in [2.45, 2.75) is 92.8 Å². The Hall–Kier alpha value is -4.62. The maximum Gasteiger partial charge on any atom is 0.333 e. The minimum Gasteiger partial charge on any atom is -0.748 e. The first kappa shape index (κ1) is 48.4. The molecule has 23 heteroatoms. The lowest BCUT2D eigenvalue weighted by atomic mass is 9.77. The van der Waals surface area contributed by atoms with Crippen LogP contribution in [0.1, 0.15) is 83.3 Å². The van der Waals surface area contributed by atoms with Gasteiger partial charge in [0.1, 0.15) is 6.54 Å². The van der Waals surface area contributed by atoms with E-state index in [2.05, 4.69) is 0 Å². The number of allylic oxidation sites excluding steroid dienone is 6. The van der Waals surface area contributed by atoms with Crippen LogP contribution >= 0.6 is 0 Å². The zero-order valence-electron chi connectivity index (χ0n) is 34.0. The maximum atomic E-state index is 12.6. The third-order valence-corrected chi connectivity index (χ3v) is 14.3. The van der Waals surface area contributed by atoms with Crippen molar-refractivity contribution in [3.63, 3.8) is 0 Å². The van der Waals surface area contributed by atoms with Crippen LogP contribution in [0, 0.1) is 0 Å². The van der Waals surface area contributed by atoms with E-state index in [1.165, 1.54) is 36.4 Å². The lowest BCUT2D eigenvalue weighted by Crippen LogP contribution is -2.32. The number of hydroxylamine groups is 2. The Labute approximate surface area is 360 Å². The first-order valence-electron chi connectivity index (χ1n) is 19.3. The minimum absolute atomic E-state index is 0.00343. The molecule has 1 unspecified atom stereocenters. The van der Waals surface area contributed by atoms with Gasteiger partial charge in [-0.2, -0.15) is 29.8 Å². The van der Waals surface area contributed by atoms with Crippen LogP contribution in [0.15, 0.2) is 82.3 Å². The largest absolute Gasteiger partial charge is 0.748 e. The highest BCUT2D eigenvalue weighted by Gasteiger charge is 2.46. The molecule has 0 aliphatic carbocycles. The van der Waals surface area contributed by atoms with Gasteiger partial charge < -0.3 is 14.3 Å². The minimum atomic E-state index is -4.69. The molecule has 5 rings (SSSR count). The molecule has 2 aromatic rings. The first-order valence-corrected chi connectivity index (χ1v) is 25.4. The van der Waals surface area contributed by atoms with Crippen LogP contribution in [0.4, 0.5) is 11.4 Å². The van der Waals surface area contributed by atoms with Crippen molar-refractivity contribution in [1.29, 1.82) is 0 Å². The van der Waals surface area contributed by atoms with Gasteiger partial charge >= 0.3 is 5.97 Å². The summed E-state index contributed by atoms with van der Waals surface area (Å²) in [6.07, 6.45) is 8.72. The van der Waals surface area contributed by atoms with Gasteiger partial charge in [-0.25, -0.2) is 13.2 Å². The fourth-order valence-corrected chi connectivity index (χ4v) is 9.96. The molecule has 2 aromatic carbocycles. The van der Waals surface area contributed by atoms with Crippen LogP contribution < -0.4 is 4.90 Å². The zero-order valence-corrected chi connectivity index (χ0v) is 37.2. The highest BCUT2D eigenvalue weighted by atomic mass is 32.2. The quantitative estimate of drug-likeness (QED) is 0.0595. The van der Waals surface area contributed by atoms with Crippen LogP contribution in [-0.4, -0.2) is 110 Å². The number of rotatable bonds is 19. The molecule has 1 fully saturated rings. The second-order valence-corrected chi connectivity index (χ2v) is 21.7. The first-order chi connectivity index (χ1) is 28.6. The van der Waals surface area contributed by atoms with Gasteiger partial charge in [-0.3, -0.25) is 23.2 Å². The number of anilines is 1. The molecule has 1 atom stereocenters. The molecule has 62 heavy (non-hydrogen) atoms. The average molecular weight is 942 g/mol. The number of hydrogen-bond acceptors (Lipinski definition) is 14. The topological polar surface area (TPSA) is 290 Å². The number of amides is 2. The molecule has 3 aliphatic rings. The van der Waals surface area contributed by atoms with Crippen LogP contribution in [0.25, 0.3) is 0 Å². The predicted octanol–water partition coefficient (Wildman–Crippen LogP) is 3.71. The van der Waals surface area contributed by atoms with Gasteiger partial charge in [0.05, 0.1) is 31.1 Å². The summed E-state index contributed by atoms with van der Waals surface area (Å²) >= 11 is 0. The SMILES string of the molecule is CC1(C)C(C=CC=CC=C2N(CCCS(=O)(=O)[O-])c3ccc(S(=O)(=O)O)cc3C2(C)CCCCC(=O)ON2C(=O)CCC2=O)=[N+](CCCS(=O)(=O)O)c2ccc(S(=O)(=O)O)cc21. The Kier molecular flexibility index (Phi) is 14.2. The Morgan fingerprint density at radius 2 is 1.42 bits per heavy atom. The standard InChI is InChI=1S/C39H47N3O16S4/c1-38(2)29-25-27(61(52,53)54)14-16-31(29)40(21-9-23-59(46,47)48)33(38)11-5-4-6-12-34-39(3,20-8-7-13-37(45)58-42-35(43)18-19-36(42)44)30-26-28(62(55,56)57)15-17-32(30)41(34)22-10-24-60(49,50)51/h4-6,11-12,14-17,25-26H,7-10,13,18-24H2,1-3H3,(H3-,46,47,48,49,50,51,52,53,54,55,56,57). The van der Waals surface area contributed by atoms with E-state index in [-0.39, 0.29) is 62.9 Å². The Morgan fingerprint density at radius 1 is 0.806 bits per heavy atom. The Balaban J connectivity index is 1.50. The van der Waals surface area contributed by atoms with E-state index < -0.39 is 85.5 Å². The fourth-order valence-electron chi connectivity index (χ4n) is 7.97. The summed E-state index contributed by atoms with van der Waals surface area (Å²) in [6, 6.07) is 7.98. The monoisotopic (exact) mass is 941 g/mol. The average Bonchev–Trinajstić information content (AvgIpc) is 3.67. The molecular formula is C39H47N3O16S4. The van der Waals surface area contributed by atoms with Crippen LogP contribution in [0.3, 0.4) is 0 Å². The number of hydrogen-bond donors (Lipinski definition) is 3. The number of unbranched alkanes of at least 4 members (excludes halogenated alkanes) is 1. The summed E-state index contributed by atoms with van der Waals surface area (Å²) < 4.78 is 137. The van der Waals surface area contributed by atoms with Gasteiger partial charge in [0.2, 0.25) is 5.69 Å². The summed E-state index contributed by atoms with van der Waals surface area (Å²) in [5.41, 5.74) is 1.20. The van der Waals surface area contributed by atoms with Crippen molar-refractivity contribution in [3.05, 3.63) is 83.6 Å². The van der Waals surface area contributed by atoms with Gasteiger partial charge in [-0.05, 0) is 82.0 Å². The molecule has 0 radical (unpaired) electrons. The second kappa shape index (κ2) is 18.2. The van der Waals surface area contributed by atoms with Gasteiger partial charge in [0.15, 0.2) is 5.71 Å². The van der Waals surface area contributed by atoms with Crippen LogP contribution in [0.5, 0.6) is 0 Å². The summed E-state index contributed by atoms with van der Waals surface area (Å²) in [4.78, 5) is 42.3. The zero-order chi connectivity index (χ0) is 46.1. The molecule has 0 spiro atoms. The molecule has 2 amide bonds. The van der Waals surface area contributed by atoms with E-state index in [0.29, 0.717) is 45.4 Å². The van der Waals surface area contributed by atoms with E-state index >= 15 is 0 Å². The van der Waals surface area contributed by atoms with Gasteiger partial charge in [0.25, 0.3) is 42.2 Å². The number of carbonyl (C=O) groups is 3. The molecule has 1 saturated heterocycles. The van der Waals surface area contributed by atoms with E-state index in [4.69, 9.17) is 4.84 Å². The third kappa shape index (κ3) is 11.3. The lowest BCUT2D eigenvalue weighted by Gasteiger charge is -2.30. The molecule has 0 bridgehead atoms. The number of carbonyl (C=O) groups excluding carboxylic acids is 3. The van der Waals surface area contributed by atoms with Crippen molar-refractivity contribution in [3.8, 4) is 0 Å². The van der Waals surface area contributed by atoms with Crippen molar-refractivity contribution < 1.29 is 75.7 Å². The molecule has 338 valence electrons. The van der Waals surface area contributed by atoms with Gasteiger partial charge in [-0.15, -0.1) is 5.06 Å². The molecule has 3 heterocycles. The summed E-state index contributed by atoms with van der Waals surface area (Å²) in [7, 11) is -18.2. The normalized spacial score (nSPS) is 20.0. The molecular weight excluding hydrogens is 895 g/mol. The highest BCUT2D eigenvalue weighted by Crippen LogP contribution is 2.51. The molecule has 3 N–H and O–H groups in total. The number of fused-ring (bicyclic) bond motifs is 2. The van der Waals surface area contributed by atoms with Gasteiger partial charge in [-0.1, -0.05) is 24.6 Å². The highest BCUT2D eigenvalue weighted by molar-refractivity contribution is 7.86. The summed E-state index contributed by atoms with van der Waals surface area (Å²) in [5.74, 6) is -3.31. The Bertz CT molecular complexity index is 2720. The van der Waals surface area contributed by atoms with Gasteiger partial charge in [0, 0.05) is 72.5 Å². The molecule has 0 aromatic heterocycles. The van der Waals surface area contributed by atoms with Crippen molar-refractivity contribution in [1.82, 2.24) is 5.06 Å². The second-order valence-electron chi connectivity index (χ2n) is 15.8. The third-order valence-electron chi connectivity index (χ3n) is 11.0. The predicted molar refractivity (Wildman–Crippen MR) is 222 cm³/mol. The molecule has 0 saturated carbocycles. The number of imide groups is 1. The van der Waals surface area contributed by atoms with Crippen molar-refractivity contribution >= 4 is 75.3 Å². The van der Waals surface area contributed by atoms with E-state index in [1.54, 1.807) is 60.6 Å². The summed E-state index contributed by atoms with van der Waals surface area (Å²) in [6.45, 7) is 5.52. The smallest absolute Gasteiger partial charge is 0.333 e.